The second-order valence-corrected chi connectivity index (χ2v) is 11.3. The van der Waals surface area contributed by atoms with E-state index in [4.69, 9.17) is 28.4 Å². The molecule has 4 atom stereocenters. The lowest BCUT2D eigenvalue weighted by atomic mass is 9.85. The lowest BCUT2D eigenvalue weighted by Crippen LogP contribution is -2.51. The van der Waals surface area contributed by atoms with Crippen LogP contribution >= 0.6 is 0 Å². The Hall–Kier alpha value is -2.24. The van der Waals surface area contributed by atoms with Crippen LogP contribution in [0.5, 0.6) is 5.75 Å². The number of fused-ring (bicyclic) bond motifs is 1. The van der Waals surface area contributed by atoms with Gasteiger partial charge < -0.3 is 44.0 Å². The zero-order valence-electron chi connectivity index (χ0n) is 25.9. The fourth-order valence-corrected chi connectivity index (χ4v) is 5.72. The number of nitrogens with one attached hydrogen (secondary N) is 2. The maximum Gasteiger partial charge on any atom is 0.142 e. The van der Waals surface area contributed by atoms with Crippen molar-refractivity contribution >= 4 is 5.69 Å². The van der Waals surface area contributed by atoms with Crippen LogP contribution in [0.15, 0.2) is 42.5 Å². The molecule has 2 aliphatic heterocycles. The van der Waals surface area contributed by atoms with E-state index in [2.05, 4.69) is 64.9 Å². The van der Waals surface area contributed by atoms with Crippen LogP contribution < -0.4 is 20.3 Å². The molecule has 1 saturated heterocycles. The zero-order valence-corrected chi connectivity index (χ0v) is 25.9. The molecule has 0 aromatic heterocycles. The van der Waals surface area contributed by atoms with E-state index in [1.165, 1.54) is 5.56 Å². The van der Waals surface area contributed by atoms with Gasteiger partial charge in [-0.05, 0) is 42.3 Å². The van der Waals surface area contributed by atoms with Crippen LogP contribution in [0.1, 0.15) is 36.0 Å². The number of nitrogens with zero attached hydrogens (tertiary/aromatic N) is 1. The summed E-state index contributed by atoms with van der Waals surface area (Å²) in [6, 6.07) is 15.2. The van der Waals surface area contributed by atoms with E-state index in [-0.39, 0.29) is 18.1 Å². The summed E-state index contributed by atoms with van der Waals surface area (Å²) in [5.41, 5.74) is 4.67. The molecule has 2 aliphatic rings. The summed E-state index contributed by atoms with van der Waals surface area (Å²) in [6.07, 6.45) is 0.974. The van der Waals surface area contributed by atoms with E-state index in [1.54, 1.807) is 14.2 Å². The number of piperidine rings is 1. The van der Waals surface area contributed by atoms with Crippen LogP contribution in [0.3, 0.4) is 0 Å². The molecule has 0 amide bonds. The first kappa shape index (κ1) is 32.7. The quantitative estimate of drug-likeness (QED) is 0.255. The van der Waals surface area contributed by atoms with Gasteiger partial charge in [0, 0.05) is 58.8 Å². The first-order valence-corrected chi connectivity index (χ1v) is 15.4. The van der Waals surface area contributed by atoms with Gasteiger partial charge in [0.15, 0.2) is 0 Å². The van der Waals surface area contributed by atoms with E-state index in [0.29, 0.717) is 45.6 Å². The Balaban J connectivity index is 1.43. The van der Waals surface area contributed by atoms with Crippen molar-refractivity contribution in [2.45, 2.75) is 44.7 Å². The predicted molar refractivity (Wildman–Crippen MR) is 166 cm³/mol. The van der Waals surface area contributed by atoms with Gasteiger partial charge >= 0.3 is 0 Å². The topological polar surface area (TPSA) is 82.7 Å². The number of hydrogen-bond acceptors (Lipinski definition) is 9. The first-order chi connectivity index (χ1) is 20.6. The minimum absolute atomic E-state index is 0.0160. The number of anilines is 1. The van der Waals surface area contributed by atoms with Gasteiger partial charge in [0.25, 0.3) is 0 Å². The van der Waals surface area contributed by atoms with E-state index in [0.717, 1.165) is 68.3 Å². The van der Waals surface area contributed by atoms with Crippen molar-refractivity contribution in [1.82, 2.24) is 10.6 Å². The smallest absolute Gasteiger partial charge is 0.142 e. The van der Waals surface area contributed by atoms with E-state index in [1.807, 2.05) is 7.05 Å². The normalized spacial score (nSPS) is 21.1. The SMILES string of the molecule is CNCCO[C@@H]1CNC[C@H](OCc2ccc3c(c2)N(CCCOC)CCO3)C1c1ccc(COC[C@@H](C)COC)cc1. The number of rotatable bonds is 18. The highest BCUT2D eigenvalue weighted by atomic mass is 16.5. The zero-order chi connectivity index (χ0) is 29.6. The molecular formula is C33H51N3O6. The highest BCUT2D eigenvalue weighted by Gasteiger charge is 2.36. The molecule has 9 heteroatoms. The van der Waals surface area contributed by atoms with Crippen molar-refractivity contribution < 1.29 is 28.4 Å². The number of ether oxygens (including phenoxy) is 6. The van der Waals surface area contributed by atoms with Crippen molar-refractivity contribution in [1.29, 1.82) is 0 Å². The van der Waals surface area contributed by atoms with Gasteiger partial charge in [-0.3, -0.25) is 0 Å². The summed E-state index contributed by atoms with van der Waals surface area (Å²) in [4.78, 5) is 2.39. The monoisotopic (exact) mass is 585 g/mol. The molecule has 42 heavy (non-hydrogen) atoms. The van der Waals surface area contributed by atoms with Gasteiger partial charge in [0.2, 0.25) is 0 Å². The van der Waals surface area contributed by atoms with Gasteiger partial charge in [-0.1, -0.05) is 37.3 Å². The fourth-order valence-electron chi connectivity index (χ4n) is 5.72. The number of benzene rings is 2. The van der Waals surface area contributed by atoms with Gasteiger partial charge in [-0.25, -0.2) is 0 Å². The van der Waals surface area contributed by atoms with Crippen LogP contribution in [0.4, 0.5) is 5.69 Å². The summed E-state index contributed by atoms with van der Waals surface area (Å²) in [5, 5.41) is 6.74. The van der Waals surface area contributed by atoms with E-state index in [9.17, 15) is 0 Å². The Bertz CT molecular complexity index is 1040. The van der Waals surface area contributed by atoms with Crippen molar-refractivity contribution in [2.24, 2.45) is 5.92 Å². The Morgan fingerprint density at radius 2 is 1.74 bits per heavy atom. The van der Waals surface area contributed by atoms with E-state index < -0.39 is 0 Å². The molecule has 2 N–H and O–H groups in total. The summed E-state index contributed by atoms with van der Waals surface area (Å²) >= 11 is 0. The van der Waals surface area contributed by atoms with Gasteiger partial charge in [-0.2, -0.15) is 0 Å². The molecule has 0 spiro atoms. The fraction of sp³-hybridized carbons (Fsp3) is 0.636. The Morgan fingerprint density at radius 3 is 2.50 bits per heavy atom. The Labute approximate surface area is 252 Å². The Morgan fingerprint density at radius 1 is 0.952 bits per heavy atom. The van der Waals surface area contributed by atoms with Crippen molar-refractivity contribution in [2.75, 3.05) is 91.9 Å². The highest BCUT2D eigenvalue weighted by Crippen LogP contribution is 2.34. The van der Waals surface area contributed by atoms with Gasteiger partial charge in [0.05, 0.1) is 57.5 Å². The number of methoxy groups -OCH3 is 2. The summed E-state index contributed by atoms with van der Waals surface area (Å²) in [5.74, 6) is 1.43. The molecule has 0 saturated carbocycles. The molecule has 4 rings (SSSR count). The van der Waals surface area contributed by atoms with Crippen LogP contribution in [0.2, 0.25) is 0 Å². The predicted octanol–water partition coefficient (Wildman–Crippen LogP) is 3.60. The second-order valence-electron chi connectivity index (χ2n) is 11.3. The molecule has 2 aromatic carbocycles. The third-order valence-electron chi connectivity index (χ3n) is 7.89. The summed E-state index contributed by atoms with van der Waals surface area (Å²) < 4.78 is 35.4. The van der Waals surface area contributed by atoms with Crippen molar-refractivity contribution in [3.63, 3.8) is 0 Å². The molecular weight excluding hydrogens is 534 g/mol. The van der Waals surface area contributed by atoms with E-state index >= 15 is 0 Å². The van der Waals surface area contributed by atoms with Crippen LogP contribution in [0.25, 0.3) is 0 Å². The average Bonchev–Trinajstić information content (AvgIpc) is 3.01. The summed E-state index contributed by atoms with van der Waals surface area (Å²) in [6.45, 7) is 11.0. The van der Waals surface area contributed by atoms with Crippen molar-refractivity contribution in [3.05, 3.63) is 59.2 Å². The molecule has 0 bridgehead atoms. The average molecular weight is 586 g/mol. The second kappa shape index (κ2) is 17.8. The maximum absolute atomic E-state index is 6.67. The maximum atomic E-state index is 6.67. The molecule has 1 fully saturated rings. The molecule has 1 unspecified atom stereocenters. The standard InChI is InChI=1S/C33H51N3O6/c1-25(21-38-4)22-39-23-26-6-9-28(10-7-26)33-31(40-16-12-34-2)19-35-20-32(33)42-24-27-8-11-30-29(18-27)36(14-17-41-30)13-5-15-37-3/h6-11,18,25,31-35H,5,12-17,19-24H2,1-4H3/t25-,31+,32-,33?/m0/s1. The number of hydrogen-bond donors (Lipinski definition) is 2. The largest absolute Gasteiger partial charge is 0.490 e. The molecule has 9 nitrogen and oxygen atoms in total. The van der Waals surface area contributed by atoms with Gasteiger partial charge in [0.1, 0.15) is 12.4 Å². The first-order valence-electron chi connectivity index (χ1n) is 15.4. The molecule has 0 radical (unpaired) electrons. The third-order valence-corrected chi connectivity index (χ3v) is 7.89. The molecule has 234 valence electrons. The lowest BCUT2D eigenvalue weighted by Gasteiger charge is -2.39. The van der Waals surface area contributed by atoms with Crippen LogP contribution in [-0.4, -0.2) is 99.2 Å². The van der Waals surface area contributed by atoms with Crippen LogP contribution in [0, 0.1) is 5.92 Å². The summed E-state index contributed by atoms with van der Waals surface area (Å²) in [7, 11) is 5.43. The third kappa shape index (κ3) is 9.64. The minimum Gasteiger partial charge on any atom is -0.490 e. The minimum atomic E-state index is -0.0274. The molecule has 0 aliphatic carbocycles. The van der Waals surface area contributed by atoms with Crippen LogP contribution in [-0.2, 0) is 36.9 Å². The van der Waals surface area contributed by atoms with Gasteiger partial charge in [-0.15, -0.1) is 0 Å². The molecule has 2 aromatic rings. The Kier molecular flexibility index (Phi) is 13.8. The lowest BCUT2D eigenvalue weighted by molar-refractivity contribution is -0.0589. The molecule has 2 heterocycles. The van der Waals surface area contributed by atoms with Crippen molar-refractivity contribution in [3.8, 4) is 5.75 Å². The highest BCUT2D eigenvalue weighted by molar-refractivity contribution is 5.61. The number of likely N-dealkylation sites (N-methyl/N-ethyl adjacent to an activating group) is 1.